The molecule has 0 radical (unpaired) electrons. The molecular weight excluding hydrogens is 381 g/mol. The summed E-state index contributed by atoms with van der Waals surface area (Å²) in [7, 11) is -4.74. The molecule has 5 N–H and O–H groups in total. The van der Waals surface area contributed by atoms with Crippen LogP contribution in [-0.4, -0.2) is 64.4 Å². The number of phosphoric ester groups is 1. The van der Waals surface area contributed by atoms with Crippen molar-refractivity contribution in [3.63, 3.8) is 0 Å². The van der Waals surface area contributed by atoms with Crippen LogP contribution >= 0.6 is 7.82 Å². The molecule has 15 heteroatoms. The molecular formula is C10H15N4Na2O8P. The number of H-pyrrole nitrogens is 1. The number of ether oxygens (including phenoxy) is 1. The van der Waals surface area contributed by atoms with Gasteiger partial charge in [0.1, 0.15) is 18.3 Å². The third kappa shape index (κ3) is 4.99. The first-order valence-electron chi connectivity index (χ1n) is 6.40. The summed E-state index contributed by atoms with van der Waals surface area (Å²) in [6, 6.07) is 0. The van der Waals surface area contributed by atoms with Gasteiger partial charge in [0, 0.05) is 0 Å². The minimum atomic E-state index is -4.74. The van der Waals surface area contributed by atoms with E-state index >= 15 is 0 Å². The van der Waals surface area contributed by atoms with Crippen molar-refractivity contribution in [3.05, 3.63) is 23.0 Å². The Bertz CT molecular complexity index is 835. The first-order chi connectivity index (χ1) is 10.8. The first kappa shape index (κ1) is 23.4. The van der Waals surface area contributed by atoms with Crippen LogP contribution < -0.4 is 64.7 Å². The van der Waals surface area contributed by atoms with Gasteiger partial charge in [-0.2, -0.15) is 0 Å². The molecule has 2 aromatic rings. The summed E-state index contributed by atoms with van der Waals surface area (Å²) in [6.45, 7) is -0.625. The van der Waals surface area contributed by atoms with E-state index < -0.39 is 44.5 Å². The van der Waals surface area contributed by atoms with Gasteiger partial charge in [0.2, 0.25) is 0 Å². The first-order valence-corrected chi connectivity index (χ1v) is 7.93. The minimum absolute atomic E-state index is 0. The van der Waals surface area contributed by atoms with Crippen LogP contribution in [-0.2, 0) is 13.8 Å². The number of phosphoric acid groups is 1. The molecule has 3 rings (SSSR count). The monoisotopic (exact) mass is 396 g/mol. The zero-order valence-electron chi connectivity index (χ0n) is 15.4. The van der Waals surface area contributed by atoms with Crippen molar-refractivity contribution in [1.82, 2.24) is 19.5 Å². The van der Waals surface area contributed by atoms with Crippen LogP contribution in [0.5, 0.6) is 0 Å². The van der Waals surface area contributed by atoms with E-state index in [1.54, 1.807) is 0 Å². The number of aliphatic hydroxyl groups excluding tert-OH is 2. The normalized spacial score (nSPS) is 26.2. The predicted molar refractivity (Wildman–Crippen MR) is 74.3 cm³/mol. The fraction of sp³-hybridized carbons (Fsp3) is 0.500. The quantitative estimate of drug-likeness (QED) is 0.246. The van der Waals surface area contributed by atoms with E-state index in [9.17, 15) is 19.6 Å². The average Bonchev–Trinajstić information content (AvgIpc) is 3.01. The summed E-state index contributed by atoms with van der Waals surface area (Å²) in [5.74, 6) is 0. The topological polar surface area (TPSA) is 180 Å². The van der Waals surface area contributed by atoms with Crippen LogP contribution in [0.4, 0.5) is 0 Å². The number of imidazole rings is 1. The van der Waals surface area contributed by atoms with Crippen molar-refractivity contribution in [1.29, 1.82) is 0 Å². The van der Waals surface area contributed by atoms with Gasteiger partial charge in [-0.25, -0.2) is 14.5 Å². The number of hydrogen-bond acceptors (Lipinski definition) is 8. The van der Waals surface area contributed by atoms with E-state index in [1.165, 1.54) is 10.9 Å². The summed E-state index contributed by atoms with van der Waals surface area (Å²) in [5.41, 5.74) is -0.336. The van der Waals surface area contributed by atoms with Crippen LogP contribution in [0.1, 0.15) is 9.08 Å². The Labute approximate surface area is 187 Å². The van der Waals surface area contributed by atoms with Crippen LogP contribution in [0.25, 0.3) is 11.2 Å². The molecule has 0 spiro atoms. The molecule has 25 heavy (non-hydrogen) atoms. The van der Waals surface area contributed by atoms with E-state index in [0.717, 1.165) is 6.33 Å². The molecule has 1 saturated heterocycles. The van der Waals surface area contributed by atoms with Crippen molar-refractivity contribution in [2.45, 2.75) is 24.5 Å². The summed E-state index contributed by atoms with van der Waals surface area (Å²) in [4.78, 5) is 39.1. The van der Waals surface area contributed by atoms with E-state index in [2.05, 4.69) is 19.5 Å². The van der Waals surface area contributed by atoms with Crippen molar-refractivity contribution in [2.24, 2.45) is 0 Å². The second-order valence-corrected chi connectivity index (χ2v) is 6.13. The van der Waals surface area contributed by atoms with E-state index in [0.29, 0.717) is 0 Å². The number of nitrogens with one attached hydrogen (secondary N) is 1. The Balaban J connectivity index is 0. The molecule has 130 valence electrons. The maximum absolute atomic E-state index is 11.6. The maximum atomic E-state index is 11.6. The molecule has 0 unspecified atom stereocenters. The Morgan fingerprint density at radius 1 is 1.32 bits per heavy atom. The average molecular weight is 396 g/mol. The number of aromatic nitrogens is 4. The molecule has 3 heterocycles. The molecule has 0 amide bonds. The van der Waals surface area contributed by atoms with Gasteiger partial charge in [0.25, 0.3) is 5.56 Å². The fourth-order valence-corrected chi connectivity index (χ4v) is 2.66. The summed E-state index contributed by atoms with van der Waals surface area (Å²) < 4.78 is 21.6. The van der Waals surface area contributed by atoms with Crippen LogP contribution in [0, 0.1) is 0 Å². The molecule has 12 nitrogen and oxygen atoms in total. The number of fused-ring (bicyclic) bond motifs is 1. The molecule has 0 aliphatic carbocycles. The molecule has 1 aliphatic heterocycles. The van der Waals surface area contributed by atoms with Crippen LogP contribution in [0.15, 0.2) is 17.4 Å². The Morgan fingerprint density at radius 2 is 2.00 bits per heavy atom. The summed E-state index contributed by atoms with van der Waals surface area (Å²) >= 11 is 0. The second-order valence-electron chi connectivity index (χ2n) is 4.89. The number of aromatic amines is 1. The molecule has 0 aromatic carbocycles. The number of hydrogen-bond donors (Lipinski definition) is 5. The summed E-state index contributed by atoms with van der Waals surface area (Å²) in [5, 5.41) is 20.0. The van der Waals surface area contributed by atoms with Gasteiger partial charge in [0.05, 0.1) is 19.3 Å². The summed E-state index contributed by atoms with van der Waals surface area (Å²) in [6.07, 6.45) is -2.85. The van der Waals surface area contributed by atoms with Crippen LogP contribution in [0.3, 0.4) is 0 Å². The molecule has 0 bridgehead atoms. The van der Waals surface area contributed by atoms with Gasteiger partial charge in [-0.15, -0.1) is 0 Å². The molecule has 2 aromatic heterocycles. The van der Waals surface area contributed by atoms with Crippen molar-refractivity contribution < 1.29 is 95.8 Å². The SMILES string of the molecule is O=c1[nH]cnc2c1ncn2[C@@H]1O[C@H](COP(=O)(O)O)[C@@H](O)[C@H]1O.[H-].[H-].[Na+].[Na+]. The molecule has 0 saturated carbocycles. The molecule has 1 fully saturated rings. The minimum Gasteiger partial charge on any atom is -1.00 e. The Morgan fingerprint density at radius 3 is 2.64 bits per heavy atom. The maximum Gasteiger partial charge on any atom is 1.00 e. The number of rotatable bonds is 4. The fourth-order valence-electron chi connectivity index (χ4n) is 2.32. The van der Waals surface area contributed by atoms with Gasteiger partial charge in [0.15, 0.2) is 17.4 Å². The van der Waals surface area contributed by atoms with Gasteiger partial charge in [-0.3, -0.25) is 13.9 Å². The second kappa shape index (κ2) is 9.02. The van der Waals surface area contributed by atoms with Crippen molar-refractivity contribution in [3.8, 4) is 0 Å². The van der Waals surface area contributed by atoms with E-state index in [-0.39, 0.29) is 73.1 Å². The smallest absolute Gasteiger partial charge is 1.00 e. The van der Waals surface area contributed by atoms with Gasteiger partial charge < -0.3 is 32.6 Å². The van der Waals surface area contributed by atoms with E-state index in [1.807, 2.05) is 0 Å². The van der Waals surface area contributed by atoms with Gasteiger partial charge in [-0.05, 0) is 0 Å². The number of aliphatic hydroxyl groups is 2. The predicted octanol–water partition coefficient (Wildman–Crippen LogP) is -7.92. The molecule has 4 atom stereocenters. The van der Waals surface area contributed by atoms with Crippen molar-refractivity contribution in [2.75, 3.05) is 6.61 Å². The van der Waals surface area contributed by atoms with Gasteiger partial charge >= 0.3 is 66.9 Å². The van der Waals surface area contributed by atoms with Crippen LogP contribution in [0.2, 0.25) is 0 Å². The largest absolute Gasteiger partial charge is 1.00 e. The zero-order valence-corrected chi connectivity index (χ0v) is 18.3. The van der Waals surface area contributed by atoms with Gasteiger partial charge in [-0.1, -0.05) is 0 Å². The van der Waals surface area contributed by atoms with Crippen molar-refractivity contribution >= 4 is 19.0 Å². The number of nitrogens with zero attached hydrogens (tertiary/aromatic N) is 3. The van der Waals surface area contributed by atoms with E-state index in [4.69, 9.17) is 14.5 Å². The third-order valence-corrected chi connectivity index (χ3v) is 3.87. The zero-order chi connectivity index (χ0) is 16.8. The molecule has 1 aliphatic rings. The third-order valence-electron chi connectivity index (χ3n) is 3.38. The Kier molecular flexibility index (Phi) is 8.44. The Hall–Kier alpha value is 0.340. The standard InChI is InChI=1S/C10H13N4O8P.2Na.2H/c15-6-4(1-21-23(18,19)20)22-10(7(6)16)14-3-13-5-8(14)11-2-12-9(5)17;;;;/h2-4,6-7,10,15-16H,1H2,(H,11,12,17)(H2,18,19,20);;;;/q;2*+1;2*-1/t4-,6-,7-,10-;;;;/m1..../s1.